The number of piperidine rings is 1. The summed E-state index contributed by atoms with van der Waals surface area (Å²) in [6.45, 7) is 5.55. The van der Waals surface area contributed by atoms with Crippen LogP contribution in [0.3, 0.4) is 0 Å². The predicted octanol–water partition coefficient (Wildman–Crippen LogP) is 1.47. The first-order valence-corrected chi connectivity index (χ1v) is 9.66. The summed E-state index contributed by atoms with van der Waals surface area (Å²) in [7, 11) is 0. The molecule has 0 radical (unpaired) electrons. The van der Waals surface area contributed by atoms with Crippen LogP contribution in [0, 0.1) is 0 Å². The van der Waals surface area contributed by atoms with Crippen molar-refractivity contribution < 1.29 is 19.2 Å². The van der Waals surface area contributed by atoms with Gasteiger partial charge in [-0.15, -0.1) is 0 Å². The SMILES string of the molecule is CCN(CC)C(=O)NNC(=O)[C@@H]1CC[C@@H]2CN1C(=O)N2OCc1ccccc1. The van der Waals surface area contributed by atoms with Crippen molar-refractivity contribution in [3.05, 3.63) is 35.9 Å². The van der Waals surface area contributed by atoms with E-state index in [4.69, 9.17) is 4.84 Å². The molecular formula is C19H27N5O4. The molecule has 9 heteroatoms. The molecule has 2 aliphatic rings. The minimum Gasteiger partial charge on any atom is -0.324 e. The number of nitrogens with one attached hydrogen (secondary N) is 2. The normalized spacial score (nSPS) is 20.9. The summed E-state index contributed by atoms with van der Waals surface area (Å²) in [5.74, 6) is -0.391. The highest BCUT2D eigenvalue weighted by atomic mass is 16.7. The van der Waals surface area contributed by atoms with Crippen molar-refractivity contribution in [1.29, 1.82) is 0 Å². The van der Waals surface area contributed by atoms with Crippen molar-refractivity contribution in [2.75, 3.05) is 19.6 Å². The molecule has 0 aliphatic carbocycles. The van der Waals surface area contributed by atoms with Gasteiger partial charge in [0, 0.05) is 19.6 Å². The van der Waals surface area contributed by atoms with Gasteiger partial charge in [-0.1, -0.05) is 30.3 Å². The average molecular weight is 389 g/mol. The number of carbonyl (C=O) groups is 3. The van der Waals surface area contributed by atoms with Gasteiger partial charge in [0.15, 0.2) is 0 Å². The molecule has 0 unspecified atom stereocenters. The molecule has 9 nitrogen and oxygen atoms in total. The van der Waals surface area contributed by atoms with E-state index in [0.717, 1.165) is 5.56 Å². The summed E-state index contributed by atoms with van der Waals surface area (Å²) >= 11 is 0. The second-order valence-corrected chi connectivity index (χ2v) is 6.86. The van der Waals surface area contributed by atoms with Crippen LogP contribution in [-0.2, 0) is 16.2 Å². The fourth-order valence-electron chi connectivity index (χ4n) is 3.58. The van der Waals surface area contributed by atoms with E-state index in [1.165, 1.54) is 9.96 Å². The number of urea groups is 2. The number of hydroxylamine groups is 2. The van der Waals surface area contributed by atoms with Crippen molar-refractivity contribution in [2.24, 2.45) is 0 Å². The van der Waals surface area contributed by atoms with Crippen LogP contribution in [0.15, 0.2) is 30.3 Å². The van der Waals surface area contributed by atoms with Gasteiger partial charge in [0.1, 0.15) is 12.6 Å². The lowest BCUT2D eigenvalue weighted by atomic mass is 10.0. The van der Waals surface area contributed by atoms with Gasteiger partial charge in [-0.3, -0.25) is 15.1 Å². The summed E-state index contributed by atoms with van der Waals surface area (Å²) in [6.07, 6.45) is 1.19. The minimum absolute atomic E-state index is 0.0643. The Morgan fingerprint density at radius 2 is 1.86 bits per heavy atom. The zero-order chi connectivity index (χ0) is 20.1. The Hall–Kier alpha value is -2.81. The van der Waals surface area contributed by atoms with Gasteiger partial charge in [0.2, 0.25) is 0 Å². The first-order chi connectivity index (χ1) is 13.5. The van der Waals surface area contributed by atoms with Crippen LogP contribution in [0.25, 0.3) is 0 Å². The van der Waals surface area contributed by atoms with Crippen LogP contribution in [0.4, 0.5) is 9.59 Å². The Labute approximate surface area is 164 Å². The topological polar surface area (TPSA) is 94.2 Å². The molecule has 2 atom stereocenters. The van der Waals surface area contributed by atoms with Crippen molar-refractivity contribution >= 4 is 18.0 Å². The summed E-state index contributed by atoms with van der Waals surface area (Å²) < 4.78 is 0. The Balaban J connectivity index is 1.54. The van der Waals surface area contributed by atoms with Gasteiger partial charge in [0.25, 0.3) is 5.91 Å². The van der Waals surface area contributed by atoms with E-state index in [1.807, 2.05) is 44.2 Å². The van der Waals surface area contributed by atoms with Crippen LogP contribution >= 0.6 is 0 Å². The zero-order valence-corrected chi connectivity index (χ0v) is 16.3. The highest BCUT2D eigenvalue weighted by Crippen LogP contribution is 2.30. The Kier molecular flexibility index (Phi) is 6.35. The number of rotatable bonds is 6. The van der Waals surface area contributed by atoms with Crippen LogP contribution in [0.1, 0.15) is 32.3 Å². The molecule has 152 valence electrons. The summed E-state index contributed by atoms with van der Waals surface area (Å²) in [4.78, 5) is 46.0. The Morgan fingerprint density at radius 1 is 1.14 bits per heavy atom. The molecule has 1 aromatic carbocycles. The predicted molar refractivity (Wildman–Crippen MR) is 102 cm³/mol. The van der Waals surface area contributed by atoms with Gasteiger partial charge in [-0.2, -0.15) is 5.06 Å². The molecule has 2 heterocycles. The van der Waals surface area contributed by atoms with E-state index in [0.29, 0.717) is 39.1 Å². The number of hydrogen-bond donors (Lipinski definition) is 2. The van der Waals surface area contributed by atoms with Gasteiger partial charge in [-0.05, 0) is 32.3 Å². The van der Waals surface area contributed by atoms with Crippen LogP contribution in [-0.4, -0.2) is 64.6 Å². The number of nitrogens with zero attached hydrogens (tertiary/aromatic N) is 3. The van der Waals surface area contributed by atoms with Gasteiger partial charge >= 0.3 is 12.1 Å². The van der Waals surface area contributed by atoms with Gasteiger partial charge in [0.05, 0.1) is 6.04 Å². The van der Waals surface area contributed by atoms with E-state index < -0.39 is 11.9 Å². The monoisotopic (exact) mass is 389 g/mol. The molecule has 0 saturated carbocycles. The zero-order valence-electron chi connectivity index (χ0n) is 16.3. The molecule has 2 aliphatic heterocycles. The first kappa shape index (κ1) is 19.9. The molecule has 0 spiro atoms. The second kappa shape index (κ2) is 8.92. The molecule has 5 amide bonds. The van der Waals surface area contributed by atoms with Crippen molar-refractivity contribution in [2.45, 2.75) is 45.4 Å². The molecule has 0 aromatic heterocycles. The van der Waals surface area contributed by atoms with Crippen LogP contribution in [0.5, 0.6) is 0 Å². The van der Waals surface area contributed by atoms with E-state index in [-0.39, 0.29) is 18.1 Å². The number of amides is 5. The summed E-state index contributed by atoms with van der Waals surface area (Å²) in [5, 5.41) is 1.38. The second-order valence-electron chi connectivity index (χ2n) is 6.86. The quantitative estimate of drug-likeness (QED) is 0.721. The number of fused-ring (bicyclic) bond motifs is 2. The molecule has 2 N–H and O–H groups in total. The van der Waals surface area contributed by atoms with Crippen LogP contribution in [0.2, 0.25) is 0 Å². The lowest BCUT2D eigenvalue weighted by Gasteiger charge is -2.29. The van der Waals surface area contributed by atoms with Crippen molar-refractivity contribution in [3.63, 3.8) is 0 Å². The third-order valence-electron chi connectivity index (χ3n) is 5.18. The lowest BCUT2D eigenvalue weighted by Crippen LogP contribution is -2.56. The third-order valence-corrected chi connectivity index (χ3v) is 5.18. The largest absolute Gasteiger partial charge is 0.345 e. The van der Waals surface area contributed by atoms with E-state index in [1.54, 1.807) is 4.90 Å². The molecule has 28 heavy (non-hydrogen) atoms. The molecule has 2 saturated heterocycles. The molecule has 2 fully saturated rings. The molecule has 1 aromatic rings. The maximum absolute atomic E-state index is 12.7. The van der Waals surface area contributed by atoms with E-state index in [2.05, 4.69) is 10.9 Å². The fourth-order valence-corrected chi connectivity index (χ4v) is 3.58. The Morgan fingerprint density at radius 3 is 2.54 bits per heavy atom. The number of hydrazine groups is 1. The fraction of sp³-hybridized carbons (Fsp3) is 0.526. The molecular weight excluding hydrogens is 362 g/mol. The van der Waals surface area contributed by atoms with Crippen LogP contribution < -0.4 is 10.9 Å². The number of hydrogen-bond acceptors (Lipinski definition) is 4. The summed E-state index contributed by atoms with van der Waals surface area (Å²) in [6, 6.07) is 8.26. The van der Waals surface area contributed by atoms with Crippen molar-refractivity contribution in [1.82, 2.24) is 25.7 Å². The highest BCUT2D eigenvalue weighted by Gasteiger charge is 2.48. The number of benzene rings is 1. The average Bonchev–Trinajstić information content (AvgIpc) is 2.96. The van der Waals surface area contributed by atoms with Gasteiger partial charge < -0.3 is 9.80 Å². The molecule has 2 bridgehead atoms. The standard InChI is InChI=1S/C19H27N5O4/c1-3-22(4-2)18(26)21-20-17(25)16-11-10-15-12-23(16)19(27)24(15)28-13-14-8-6-5-7-9-14/h5-9,15-16H,3-4,10-13H2,1-2H3,(H,20,25)(H,21,26)/t15-,16+/m1/s1. The lowest BCUT2D eigenvalue weighted by molar-refractivity contribution is -0.140. The van der Waals surface area contributed by atoms with E-state index >= 15 is 0 Å². The summed E-state index contributed by atoms with van der Waals surface area (Å²) in [5.41, 5.74) is 5.83. The number of carbonyl (C=O) groups excluding carboxylic acids is 3. The smallest absolute Gasteiger partial charge is 0.324 e. The maximum Gasteiger partial charge on any atom is 0.345 e. The first-order valence-electron chi connectivity index (χ1n) is 9.66. The minimum atomic E-state index is -0.619. The van der Waals surface area contributed by atoms with Crippen molar-refractivity contribution in [3.8, 4) is 0 Å². The van der Waals surface area contributed by atoms with E-state index in [9.17, 15) is 14.4 Å². The van der Waals surface area contributed by atoms with Gasteiger partial charge in [-0.25, -0.2) is 15.0 Å². The maximum atomic E-state index is 12.7. The third kappa shape index (κ3) is 4.19. The highest BCUT2D eigenvalue weighted by molar-refractivity contribution is 5.89. The molecule has 3 rings (SSSR count). The Bertz CT molecular complexity index is 710.